The van der Waals surface area contributed by atoms with Gasteiger partial charge < -0.3 is 10.2 Å². The Bertz CT molecular complexity index is 539. The van der Waals surface area contributed by atoms with E-state index in [1.54, 1.807) is 6.07 Å². The first-order valence-electron chi connectivity index (χ1n) is 7.39. The molecule has 1 aromatic rings. The molecule has 0 aliphatic carbocycles. The Morgan fingerprint density at radius 1 is 1.20 bits per heavy atom. The zero-order valence-electron chi connectivity index (χ0n) is 12.3. The summed E-state index contributed by atoms with van der Waals surface area (Å²) in [4.78, 5) is 2.74. The maximum Gasteiger partial charge on any atom is 0.180 e. The molecule has 1 aliphatic heterocycles. The molecule has 0 aromatic heterocycles. The first kappa shape index (κ1) is 15.3. The molecule has 0 spiro atoms. The Morgan fingerprint density at radius 3 is 2.45 bits per heavy atom. The Labute approximate surface area is 122 Å². The lowest BCUT2D eigenvalue weighted by molar-refractivity contribution is 0.411. The summed E-state index contributed by atoms with van der Waals surface area (Å²) in [5.41, 5.74) is 0.870. The molecule has 2 rings (SSSR count). The monoisotopic (exact) mass is 296 g/mol. The molecular formula is C15H24N2O2S. The van der Waals surface area contributed by atoms with E-state index in [2.05, 4.69) is 17.1 Å². The summed E-state index contributed by atoms with van der Waals surface area (Å²) < 4.78 is 24.9. The van der Waals surface area contributed by atoms with E-state index in [0.717, 1.165) is 31.7 Å². The van der Waals surface area contributed by atoms with Gasteiger partial charge in [-0.3, -0.25) is 0 Å². The van der Waals surface area contributed by atoms with E-state index < -0.39 is 9.84 Å². The zero-order chi connectivity index (χ0) is 14.6. The molecule has 0 radical (unpaired) electrons. The van der Waals surface area contributed by atoms with Gasteiger partial charge in [-0.15, -0.1) is 0 Å². The molecule has 0 saturated carbocycles. The molecule has 1 aliphatic rings. The van der Waals surface area contributed by atoms with E-state index in [1.807, 2.05) is 25.1 Å². The number of benzene rings is 1. The third-order valence-corrected chi connectivity index (χ3v) is 5.61. The fourth-order valence-electron chi connectivity index (χ4n) is 2.57. The molecule has 1 fully saturated rings. The Hall–Kier alpha value is -1.07. The highest BCUT2D eigenvalue weighted by molar-refractivity contribution is 7.91. The average molecular weight is 296 g/mol. The fraction of sp³-hybridized carbons (Fsp3) is 0.600. The lowest BCUT2D eigenvalue weighted by Gasteiger charge is -2.40. The maximum atomic E-state index is 12.4. The molecule has 1 saturated heterocycles. The van der Waals surface area contributed by atoms with Gasteiger partial charge in [0, 0.05) is 19.6 Å². The quantitative estimate of drug-likeness (QED) is 0.837. The second kappa shape index (κ2) is 6.59. The van der Waals surface area contributed by atoms with Crippen molar-refractivity contribution in [2.24, 2.45) is 0 Å². The Kier molecular flexibility index (Phi) is 5.05. The van der Waals surface area contributed by atoms with E-state index in [4.69, 9.17) is 0 Å². The lowest BCUT2D eigenvalue weighted by Crippen LogP contribution is -2.57. The van der Waals surface area contributed by atoms with E-state index in [1.165, 1.54) is 0 Å². The van der Waals surface area contributed by atoms with Crippen LogP contribution in [0.5, 0.6) is 0 Å². The molecule has 0 bridgehead atoms. The normalized spacial score (nSPS) is 15.9. The highest BCUT2D eigenvalue weighted by Crippen LogP contribution is 2.29. The largest absolute Gasteiger partial charge is 0.365 e. The fourth-order valence-corrected chi connectivity index (χ4v) is 4.12. The Balaban J connectivity index is 2.39. The number of hydrogen-bond acceptors (Lipinski definition) is 4. The van der Waals surface area contributed by atoms with Crippen molar-refractivity contribution in [2.45, 2.75) is 37.6 Å². The molecule has 0 atom stereocenters. The van der Waals surface area contributed by atoms with Crippen LogP contribution in [-0.2, 0) is 9.84 Å². The van der Waals surface area contributed by atoms with E-state index >= 15 is 0 Å². The number of anilines is 1. The highest BCUT2D eigenvalue weighted by Gasteiger charge is 2.28. The van der Waals surface area contributed by atoms with Gasteiger partial charge in [-0.25, -0.2) is 8.42 Å². The predicted molar refractivity (Wildman–Crippen MR) is 83.1 cm³/mol. The number of sulfone groups is 1. The van der Waals surface area contributed by atoms with Gasteiger partial charge in [-0.1, -0.05) is 26.0 Å². The van der Waals surface area contributed by atoms with Gasteiger partial charge in [0.2, 0.25) is 0 Å². The minimum Gasteiger partial charge on any atom is -0.365 e. The predicted octanol–water partition coefficient (Wildman–Crippen LogP) is 2.06. The summed E-state index contributed by atoms with van der Waals surface area (Å²) in [6, 6.07) is 7.84. The number of hydrogen-bond donors (Lipinski definition) is 1. The van der Waals surface area contributed by atoms with Crippen LogP contribution < -0.4 is 10.2 Å². The molecule has 0 unspecified atom stereocenters. The van der Waals surface area contributed by atoms with Crippen LogP contribution in [0, 0.1) is 0 Å². The summed E-state index contributed by atoms with van der Waals surface area (Å²) >= 11 is 0. The second-order valence-corrected chi connectivity index (χ2v) is 7.37. The van der Waals surface area contributed by atoms with Gasteiger partial charge in [0.25, 0.3) is 0 Å². The van der Waals surface area contributed by atoms with Gasteiger partial charge in [-0.2, -0.15) is 0 Å². The van der Waals surface area contributed by atoms with Gasteiger partial charge in [0.15, 0.2) is 9.84 Å². The maximum absolute atomic E-state index is 12.4. The van der Waals surface area contributed by atoms with Crippen LogP contribution in [-0.4, -0.2) is 39.8 Å². The van der Waals surface area contributed by atoms with Crippen molar-refractivity contribution in [2.75, 3.05) is 30.3 Å². The van der Waals surface area contributed by atoms with Gasteiger partial charge >= 0.3 is 0 Å². The summed E-state index contributed by atoms with van der Waals surface area (Å²) in [6.45, 7) is 6.79. The van der Waals surface area contributed by atoms with Crippen molar-refractivity contribution in [3.63, 3.8) is 0 Å². The number of rotatable bonds is 7. The molecule has 1 aromatic carbocycles. The van der Waals surface area contributed by atoms with Crippen molar-refractivity contribution < 1.29 is 8.42 Å². The minimum atomic E-state index is -3.18. The smallest absolute Gasteiger partial charge is 0.180 e. The van der Waals surface area contributed by atoms with Crippen LogP contribution in [0.25, 0.3) is 0 Å². The highest BCUT2D eigenvalue weighted by atomic mass is 32.2. The second-order valence-electron chi connectivity index (χ2n) is 5.29. The topological polar surface area (TPSA) is 49.4 Å². The van der Waals surface area contributed by atoms with Crippen molar-refractivity contribution in [1.82, 2.24) is 5.32 Å². The van der Waals surface area contributed by atoms with E-state index in [0.29, 0.717) is 17.4 Å². The third kappa shape index (κ3) is 3.15. The standard InChI is InChI=1S/C15H24N2O2S/c1-3-9-17(13-11-16-12-13)14-7-5-6-8-15(14)20(18,19)10-4-2/h5-8,13,16H,3-4,9-12H2,1-2H3. The van der Waals surface area contributed by atoms with Crippen LogP contribution in [0.15, 0.2) is 29.2 Å². The van der Waals surface area contributed by atoms with Crippen LogP contribution in [0.3, 0.4) is 0 Å². The van der Waals surface area contributed by atoms with Gasteiger partial charge in [0.1, 0.15) is 0 Å². The Morgan fingerprint density at radius 2 is 1.90 bits per heavy atom. The summed E-state index contributed by atoms with van der Waals surface area (Å²) in [7, 11) is -3.18. The van der Waals surface area contributed by atoms with Crippen molar-refractivity contribution in [1.29, 1.82) is 0 Å². The number of nitrogens with zero attached hydrogens (tertiary/aromatic N) is 1. The van der Waals surface area contributed by atoms with Crippen LogP contribution >= 0.6 is 0 Å². The molecule has 4 nitrogen and oxygen atoms in total. The van der Waals surface area contributed by atoms with Crippen molar-refractivity contribution >= 4 is 15.5 Å². The van der Waals surface area contributed by atoms with E-state index in [9.17, 15) is 8.42 Å². The van der Waals surface area contributed by atoms with Crippen LogP contribution in [0.4, 0.5) is 5.69 Å². The van der Waals surface area contributed by atoms with Crippen LogP contribution in [0.2, 0.25) is 0 Å². The zero-order valence-corrected chi connectivity index (χ0v) is 13.1. The molecule has 5 heteroatoms. The molecular weight excluding hydrogens is 272 g/mol. The number of para-hydroxylation sites is 1. The molecule has 1 heterocycles. The van der Waals surface area contributed by atoms with Crippen LogP contribution in [0.1, 0.15) is 26.7 Å². The molecule has 112 valence electrons. The third-order valence-electron chi connectivity index (χ3n) is 3.65. The first-order valence-corrected chi connectivity index (χ1v) is 9.04. The lowest BCUT2D eigenvalue weighted by atomic mass is 10.1. The van der Waals surface area contributed by atoms with Crippen molar-refractivity contribution in [3.05, 3.63) is 24.3 Å². The number of nitrogens with one attached hydrogen (secondary N) is 1. The average Bonchev–Trinajstić information content (AvgIpc) is 2.36. The molecule has 1 N–H and O–H groups in total. The van der Waals surface area contributed by atoms with Crippen molar-refractivity contribution in [3.8, 4) is 0 Å². The van der Waals surface area contributed by atoms with E-state index in [-0.39, 0.29) is 5.75 Å². The summed E-state index contributed by atoms with van der Waals surface area (Å²) in [5.74, 6) is 0.215. The first-order chi connectivity index (χ1) is 9.60. The summed E-state index contributed by atoms with van der Waals surface area (Å²) in [6.07, 6.45) is 1.66. The van der Waals surface area contributed by atoms with Gasteiger partial charge in [0.05, 0.1) is 22.4 Å². The minimum absolute atomic E-state index is 0.215. The molecule has 20 heavy (non-hydrogen) atoms. The molecule has 0 amide bonds. The van der Waals surface area contributed by atoms with Gasteiger partial charge in [-0.05, 0) is 25.0 Å². The SMILES string of the molecule is CCCN(c1ccccc1S(=O)(=O)CCC)C1CNC1. The summed E-state index contributed by atoms with van der Waals surface area (Å²) in [5, 5.41) is 3.26.